The van der Waals surface area contributed by atoms with Gasteiger partial charge in [0.1, 0.15) is 0 Å². The predicted molar refractivity (Wildman–Crippen MR) is 54.3 cm³/mol. The van der Waals surface area contributed by atoms with Gasteiger partial charge in [-0.1, -0.05) is 0 Å². The minimum Gasteiger partial charge on any atom is -0.481 e. The van der Waals surface area contributed by atoms with E-state index >= 15 is 0 Å². The molecular formula is C8H18N4O2. The summed E-state index contributed by atoms with van der Waals surface area (Å²) in [5, 5.41) is 18.2. The van der Waals surface area contributed by atoms with E-state index in [2.05, 4.69) is 5.32 Å². The van der Waals surface area contributed by atoms with Gasteiger partial charge >= 0.3 is 5.97 Å². The number of aliphatic carboxylic acids is 1. The molecule has 82 valence electrons. The van der Waals surface area contributed by atoms with E-state index in [9.17, 15) is 4.79 Å². The first-order valence-electron chi connectivity index (χ1n) is 4.39. The van der Waals surface area contributed by atoms with E-state index in [4.69, 9.17) is 16.2 Å². The average molecular weight is 202 g/mol. The molecule has 1 unspecified atom stereocenters. The molecular weight excluding hydrogens is 184 g/mol. The number of carboxylic acids is 1. The second-order valence-electron chi connectivity index (χ2n) is 3.34. The number of hydrogen-bond acceptors (Lipinski definition) is 3. The summed E-state index contributed by atoms with van der Waals surface area (Å²) < 4.78 is 0. The van der Waals surface area contributed by atoms with E-state index in [0.29, 0.717) is 13.0 Å². The summed E-state index contributed by atoms with van der Waals surface area (Å²) in [4.78, 5) is 12.4. The van der Waals surface area contributed by atoms with E-state index in [-0.39, 0.29) is 18.4 Å². The number of nitrogens with zero attached hydrogens (tertiary/aromatic N) is 1. The summed E-state index contributed by atoms with van der Waals surface area (Å²) in [5.41, 5.74) is 5.10. The quantitative estimate of drug-likeness (QED) is 0.336. The highest BCUT2D eigenvalue weighted by Crippen LogP contribution is 2.03. The number of rotatable bonds is 6. The van der Waals surface area contributed by atoms with Crippen LogP contribution >= 0.6 is 0 Å². The van der Waals surface area contributed by atoms with Gasteiger partial charge in [-0.15, -0.1) is 0 Å². The lowest BCUT2D eigenvalue weighted by atomic mass is 10.1. The summed E-state index contributed by atoms with van der Waals surface area (Å²) in [6, 6.07) is -0.0284. The number of guanidine groups is 1. The summed E-state index contributed by atoms with van der Waals surface area (Å²) in [6.07, 6.45) is 0.755. The molecule has 0 aliphatic rings. The molecule has 5 N–H and O–H groups in total. The molecule has 0 aromatic carbocycles. The Morgan fingerprint density at radius 3 is 2.57 bits per heavy atom. The SMILES string of the molecule is CN(C)C(CCNC(=N)N)CC(=O)O. The second-order valence-corrected chi connectivity index (χ2v) is 3.34. The highest BCUT2D eigenvalue weighted by Gasteiger charge is 2.14. The standard InChI is InChI=1S/C8H18N4O2/c1-12(2)6(5-7(13)14)3-4-11-8(9)10/h6H,3-5H2,1-2H3,(H,13,14)(H4,9,10,11). The summed E-state index contributed by atoms with van der Waals surface area (Å²) in [5.74, 6) is -0.899. The Balaban J connectivity index is 3.85. The van der Waals surface area contributed by atoms with Crippen molar-refractivity contribution in [3.05, 3.63) is 0 Å². The lowest BCUT2D eigenvalue weighted by Gasteiger charge is -2.22. The monoisotopic (exact) mass is 202 g/mol. The lowest BCUT2D eigenvalue weighted by molar-refractivity contribution is -0.138. The first-order valence-corrected chi connectivity index (χ1v) is 4.39. The molecule has 0 rings (SSSR count). The Morgan fingerprint density at radius 2 is 2.21 bits per heavy atom. The second kappa shape index (κ2) is 6.20. The number of carboxylic acid groups (broad SMARTS) is 1. The Bertz CT molecular complexity index is 206. The number of hydrogen-bond donors (Lipinski definition) is 4. The van der Waals surface area contributed by atoms with Crippen LogP contribution in [0.15, 0.2) is 0 Å². The van der Waals surface area contributed by atoms with Crippen molar-refractivity contribution in [3.63, 3.8) is 0 Å². The van der Waals surface area contributed by atoms with Gasteiger partial charge in [0.15, 0.2) is 5.96 Å². The first-order chi connectivity index (χ1) is 6.43. The molecule has 0 fully saturated rings. The van der Waals surface area contributed by atoms with Crippen molar-refractivity contribution in [2.24, 2.45) is 5.73 Å². The van der Waals surface area contributed by atoms with Gasteiger partial charge in [0.25, 0.3) is 0 Å². The van der Waals surface area contributed by atoms with Crippen LogP contribution in [0.3, 0.4) is 0 Å². The summed E-state index contributed by atoms with van der Waals surface area (Å²) in [6.45, 7) is 0.519. The fourth-order valence-corrected chi connectivity index (χ4v) is 1.12. The molecule has 0 saturated carbocycles. The molecule has 0 heterocycles. The topological polar surface area (TPSA) is 102 Å². The Hall–Kier alpha value is -1.30. The Morgan fingerprint density at radius 1 is 1.64 bits per heavy atom. The molecule has 6 nitrogen and oxygen atoms in total. The molecule has 0 radical (unpaired) electrons. The van der Waals surface area contributed by atoms with Crippen molar-refractivity contribution >= 4 is 11.9 Å². The van der Waals surface area contributed by atoms with Gasteiger partial charge < -0.3 is 21.1 Å². The van der Waals surface area contributed by atoms with Gasteiger partial charge in [0.05, 0.1) is 6.42 Å². The number of nitrogens with two attached hydrogens (primary N) is 1. The van der Waals surface area contributed by atoms with Crippen molar-refractivity contribution in [2.45, 2.75) is 18.9 Å². The average Bonchev–Trinajstić information content (AvgIpc) is 2.00. The third kappa shape index (κ3) is 6.24. The van der Waals surface area contributed by atoms with Crippen molar-refractivity contribution in [2.75, 3.05) is 20.6 Å². The zero-order valence-corrected chi connectivity index (χ0v) is 8.58. The smallest absolute Gasteiger partial charge is 0.304 e. The maximum absolute atomic E-state index is 10.5. The minimum absolute atomic E-state index is 0.0284. The van der Waals surface area contributed by atoms with E-state index in [1.807, 2.05) is 19.0 Å². The molecule has 0 aliphatic heterocycles. The summed E-state index contributed by atoms with van der Waals surface area (Å²) >= 11 is 0. The van der Waals surface area contributed by atoms with Gasteiger partial charge in [-0.2, -0.15) is 0 Å². The van der Waals surface area contributed by atoms with Crippen molar-refractivity contribution in [1.29, 1.82) is 5.41 Å². The molecule has 0 aromatic heterocycles. The van der Waals surface area contributed by atoms with Crippen LogP contribution in [0.5, 0.6) is 0 Å². The van der Waals surface area contributed by atoms with Crippen molar-refractivity contribution in [3.8, 4) is 0 Å². The van der Waals surface area contributed by atoms with E-state index in [0.717, 1.165) is 0 Å². The molecule has 0 amide bonds. The maximum atomic E-state index is 10.5. The number of nitrogens with one attached hydrogen (secondary N) is 2. The Labute approximate surface area is 83.6 Å². The van der Waals surface area contributed by atoms with Gasteiger partial charge in [0.2, 0.25) is 0 Å². The molecule has 0 bridgehead atoms. The minimum atomic E-state index is -0.813. The molecule has 14 heavy (non-hydrogen) atoms. The van der Waals surface area contributed by atoms with E-state index in [1.54, 1.807) is 0 Å². The van der Waals surface area contributed by atoms with Crippen LogP contribution in [0.25, 0.3) is 0 Å². The third-order valence-corrected chi connectivity index (χ3v) is 1.93. The molecule has 0 aromatic rings. The van der Waals surface area contributed by atoms with Gasteiger partial charge in [-0.25, -0.2) is 0 Å². The normalized spacial score (nSPS) is 12.5. The Kier molecular flexibility index (Phi) is 5.62. The third-order valence-electron chi connectivity index (χ3n) is 1.93. The molecule has 0 spiro atoms. The van der Waals surface area contributed by atoms with Gasteiger partial charge in [-0.05, 0) is 20.5 Å². The highest BCUT2D eigenvalue weighted by atomic mass is 16.4. The van der Waals surface area contributed by atoms with Crippen LogP contribution in [-0.4, -0.2) is 48.6 Å². The summed E-state index contributed by atoms with van der Waals surface area (Å²) in [7, 11) is 3.67. The van der Waals surface area contributed by atoms with Crippen LogP contribution in [0.2, 0.25) is 0 Å². The molecule has 1 atom stereocenters. The van der Waals surface area contributed by atoms with Crippen LogP contribution < -0.4 is 11.1 Å². The fourth-order valence-electron chi connectivity index (χ4n) is 1.12. The first kappa shape index (κ1) is 12.7. The molecule has 6 heteroatoms. The molecule has 0 saturated heterocycles. The largest absolute Gasteiger partial charge is 0.481 e. The van der Waals surface area contributed by atoms with Crippen molar-refractivity contribution in [1.82, 2.24) is 10.2 Å². The van der Waals surface area contributed by atoms with Gasteiger partial charge in [-0.3, -0.25) is 10.2 Å². The number of carbonyl (C=O) groups is 1. The van der Waals surface area contributed by atoms with Gasteiger partial charge in [0, 0.05) is 12.6 Å². The van der Waals surface area contributed by atoms with Crippen molar-refractivity contribution < 1.29 is 9.90 Å². The molecule has 0 aliphatic carbocycles. The zero-order valence-electron chi connectivity index (χ0n) is 8.58. The van der Waals surface area contributed by atoms with E-state index in [1.165, 1.54) is 0 Å². The maximum Gasteiger partial charge on any atom is 0.304 e. The zero-order chi connectivity index (χ0) is 11.1. The fraction of sp³-hybridized carbons (Fsp3) is 0.750. The predicted octanol–water partition coefficient (Wildman–Crippen LogP) is -0.736. The van der Waals surface area contributed by atoms with Crippen LogP contribution in [0, 0.1) is 5.41 Å². The van der Waals surface area contributed by atoms with E-state index < -0.39 is 5.97 Å². The highest BCUT2D eigenvalue weighted by molar-refractivity contribution is 5.74. The van der Waals surface area contributed by atoms with Crippen LogP contribution in [0.1, 0.15) is 12.8 Å². The van der Waals surface area contributed by atoms with Crippen LogP contribution in [0.4, 0.5) is 0 Å². The lowest BCUT2D eigenvalue weighted by Crippen LogP contribution is -2.37. The van der Waals surface area contributed by atoms with Crippen LogP contribution in [-0.2, 0) is 4.79 Å².